The van der Waals surface area contributed by atoms with Crippen LogP contribution in [0.25, 0.3) is 0 Å². The van der Waals surface area contributed by atoms with Gasteiger partial charge in [-0.05, 0) is 0 Å². The molecule has 0 radical (unpaired) electrons. The van der Waals surface area contributed by atoms with E-state index >= 15 is 0 Å². The van der Waals surface area contributed by atoms with Gasteiger partial charge in [-0.15, -0.1) is 0 Å². The van der Waals surface area contributed by atoms with Crippen LogP contribution >= 0.6 is 0 Å². The fourth-order valence-corrected chi connectivity index (χ4v) is 0. The van der Waals surface area contributed by atoms with Crippen molar-refractivity contribution in [3.05, 3.63) is 0 Å². The second kappa shape index (κ2) is 5.92. The molecule has 0 rings (SSSR count). The van der Waals surface area contributed by atoms with Gasteiger partial charge >= 0.3 is 48.1 Å². The Morgan fingerprint density at radius 3 is 1.29 bits per heavy atom. The minimum atomic E-state index is -4.67. The predicted octanol–water partition coefficient (Wildman–Crippen LogP) is -0.811. The van der Waals surface area contributed by atoms with Crippen molar-refractivity contribution in [1.29, 1.82) is 0 Å². The molecule has 0 saturated heterocycles. The van der Waals surface area contributed by atoms with Crippen LogP contribution in [0.5, 0.6) is 0 Å². The van der Waals surface area contributed by atoms with Crippen LogP contribution in [0.4, 0.5) is 0 Å². The monoisotopic (exact) mass is 246 g/mol. The van der Waals surface area contributed by atoms with E-state index in [0.717, 1.165) is 0 Å². The Kier molecular flexibility index (Phi) is 13.5. The first kappa shape index (κ1) is 15.9. The first-order chi connectivity index (χ1) is 2.00. The van der Waals surface area contributed by atoms with Crippen LogP contribution in [-0.4, -0.2) is 55.3 Å². The van der Waals surface area contributed by atoms with Crippen molar-refractivity contribution < 1.29 is 40.8 Å². The molecule has 0 aromatic rings. The summed E-state index contributed by atoms with van der Waals surface area (Å²) in [7, 11) is -4.67. The summed E-state index contributed by atoms with van der Waals surface area (Å²) < 4.78 is 31.6. The Morgan fingerprint density at radius 1 is 1.29 bits per heavy atom. The van der Waals surface area contributed by atoms with Crippen LogP contribution in [0.2, 0.25) is 0 Å². The van der Waals surface area contributed by atoms with Crippen molar-refractivity contribution in [2.45, 2.75) is 0 Å². The van der Waals surface area contributed by atoms with Gasteiger partial charge in [0.05, 0.1) is 0 Å². The van der Waals surface area contributed by atoms with Crippen molar-refractivity contribution in [2.24, 2.45) is 0 Å². The zero-order chi connectivity index (χ0) is 4.50. The third kappa shape index (κ3) is 81.4. The van der Waals surface area contributed by atoms with E-state index in [4.69, 9.17) is 17.5 Å². The number of hydrogen-bond donors (Lipinski definition) is 2. The maximum absolute atomic E-state index is 8.74. The average Bonchev–Trinajstić information content (AvgIpc) is 0.722. The van der Waals surface area contributed by atoms with E-state index in [0.29, 0.717) is 0 Å². The zero-order valence-electron chi connectivity index (χ0n) is 5.14. The molecule has 0 spiro atoms. The molecule has 2 N–H and O–H groups in total. The summed E-state index contributed by atoms with van der Waals surface area (Å²) in [6, 6.07) is 0. The van der Waals surface area contributed by atoms with Crippen LogP contribution in [-0.2, 0) is 30.8 Å². The van der Waals surface area contributed by atoms with Gasteiger partial charge in [0.25, 0.3) is 0 Å². The minimum Gasteiger partial charge on any atom is -1.00 e. The van der Waals surface area contributed by atoms with Crippen molar-refractivity contribution in [1.82, 2.24) is 0 Å². The summed E-state index contributed by atoms with van der Waals surface area (Å²) in [5.74, 6) is 0. The van der Waals surface area contributed by atoms with Gasteiger partial charge < -0.3 is 2.85 Å². The second-order valence-corrected chi connectivity index (χ2v) is 1.34. The van der Waals surface area contributed by atoms with E-state index in [1.54, 1.807) is 0 Å². The molecule has 0 aliphatic heterocycles. The van der Waals surface area contributed by atoms with Gasteiger partial charge in [-0.3, -0.25) is 9.11 Å². The summed E-state index contributed by atoms with van der Waals surface area (Å²) in [5.41, 5.74) is 0. The van der Waals surface area contributed by atoms with Crippen LogP contribution in [0, 0.1) is 0 Å². The van der Waals surface area contributed by atoms with Gasteiger partial charge in [-0.25, -0.2) is 0 Å². The number of hydrogen-bond acceptors (Lipinski definition) is 2. The van der Waals surface area contributed by atoms with E-state index < -0.39 is 10.4 Å². The molecule has 0 fully saturated rings. The Balaban J connectivity index is -0.0000000133. The number of rotatable bonds is 0. The summed E-state index contributed by atoms with van der Waals surface area (Å²) in [6.07, 6.45) is 0. The molecule has 0 amide bonds. The fourth-order valence-electron chi connectivity index (χ4n) is 0. The molecule has 0 atom stereocenters. The fraction of sp³-hybridized carbons (Fsp3) is 0. The van der Waals surface area contributed by atoms with E-state index in [2.05, 4.69) is 0 Å². The molecule has 0 aliphatic rings. The van der Waals surface area contributed by atoms with Crippen molar-refractivity contribution >= 4 is 48.1 Å². The first-order valence-electron chi connectivity index (χ1n) is 0.698. The van der Waals surface area contributed by atoms with Gasteiger partial charge in [-0.2, -0.15) is 8.42 Å². The summed E-state index contributed by atoms with van der Waals surface area (Å²) in [6.45, 7) is 0. The SMILES string of the molecule is O=S(=O)(O)O.[Ca+2].[H-].[H-].[Pd]. The van der Waals surface area contributed by atoms with Gasteiger partial charge in [-0.1, -0.05) is 0 Å². The molecule has 0 aromatic carbocycles. The molecule has 4 nitrogen and oxygen atoms in total. The molecular formula is H4CaO4PdS. The Labute approximate surface area is 87.9 Å². The third-order valence-electron chi connectivity index (χ3n) is 0. The smallest absolute Gasteiger partial charge is 1.00 e. The molecular weight excluding hydrogens is 243 g/mol. The second-order valence-electron chi connectivity index (χ2n) is 0.448. The first-order valence-corrected chi connectivity index (χ1v) is 2.10. The van der Waals surface area contributed by atoms with E-state index in [1.807, 2.05) is 0 Å². The minimum absolute atomic E-state index is 0. The van der Waals surface area contributed by atoms with E-state index in [-0.39, 0.29) is 61.0 Å². The normalized spacial score (nSPS) is 8.29. The van der Waals surface area contributed by atoms with Crippen molar-refractivity contribution in [3.63, 3.8) is 0 Å². The average molecular weight is 247 g/mol. The predicted molar refractivity (Wildman–Crippen MR) is 22.2 cm³/mol. The molecule has 0 aromatic heterocycles. The topological polar surface area (TPSA) is 74.6 Å². The van der Waals surface area contributed by atoms with Gasteiger partial charge in [0.2, 0.25) is 0 Å². The third-order valence-corrected chi connectivity index (χ3v) is 0. The largest absolute Gasteiger partial charge is 2.00 e. The Morgan fingerprint density at radius 2 is 1.29 bits per heavy atom. The molecule has 7 heavy (non-hydrogen) atoms. The summed E-state index contributed by atoms with van der Waals surface area (Å²) in [4.78, 5) is 0. The van der Waals surface area contributed by atoms with Crippen LogP contribution < -0.4 is 0 Å². The van der Waals surface area contributed by atoms with Gasteiger partial charge in [0.1, 0.15) is 0 Å². The maximum Gasteiger partial charge on any atom is 2.00 e. The quantitative estimate of drug-likeness (QED) is 0.433. The van der Waals surface area contributed by atoms with Crippen molar-refractivity contribution in [3.8, 4) is 0 Å². The van der Waals surface area contributed by atoms with Gasteiger partial charge in [0, 0.05) is 20.4 Å². The Hall–Kier alpha value is 1.79. The molecule has 0 unspecified atom stereocenters. The maximum atomic E-state index is 8.74. The summed E-state index contributed by atoms with van der Waals surface area (Å²) >= 11 is 0. The molecule has 0 aliphatic carbocycles. The molecule has 0 heterocycles. The zero-order valence-corrected chi connectivity index (χ0v) is 7.72. The Bertz CT molecular complexity index is 102. The molecule has 7 heteroatoms. The summed E-state index contributed by atoms with van der Waals surface area (Å²) in [5, 5.41) is 0. The van der Waals surface area contributed by atoms with Crippen LogP contribution in [0.1, 0.15) is 2.85 Å². The van der Waals surface area contributed by atoms with Crippen LogP contribution in [0.3, 0.4) is 0 Å². The van der Waals surface area contributed by atoms with Crippen molar-refractivity contribution in [2.75, 3.05) is 0 Å². The van der Waals surface area contributed by atoms with Gasteiger partial charge in [0.15, 0.2) is 0 Å². The molecule has 0 bridgehead atoms. The van der Waals surface area contributed by atoms with E-state index in [1.165, 1.54) is 0 Å². The molecule has 46 valence electrons. The standard InChI is InChI=1S/Ca.H2O4S.Pd.2H/c;1-5(2,3)4;;;/h;(H2,1,2,3,4);;;/q+2;;;2*-1. The van der Waals surface area contributed by atoms with E-state index in [9.17, 15) is 0 Å². The molecule has 0 saturated carbocycles. The van der Waals surface area contributed by atoms with Crippen LogP contribution in [0.15, 0.2) is 0 Å².